The van der Waals surface area contributed by atoms with Crippen LogP contribution in [0, 0.1) is 11.3 Å². The Hall–Kier alpha value is -2.15. The maximum absolute atomic E-state index is 11.5. The van der Waals surface area contributed by atoms with Crippen LogP contribution in [-0.2, 0) is 11.3 Å². The summed E-state index contributed by atoms with van der Waals surface area (Å²) in [5.41, 5.74) is 0.940. The van der Waals surface area contributed by atoms with Crippen LogP contribution in [0.2, 0.25) is 0 Å². The van der Waals surface area contributed by atoms with Crippen molar-refractivity contribution in [2.24, 2.45) is 0 Å². The van der Waals surface area contributed by atoms with Gasteiger partial charge in [-0.3, -0.25) is 9.78 Å². The number of hydrogen-bond donors (Lipinski definition) is 0. The van der Waals surface area contributed by atoms with Gasteiger partial charge in [0.15, 0.2) is 0 Å². The van der Waals surface area contributed by atoms with Crippen molar-refractivity contribution >= 4 is 5.91 Å². The molecule has 0 saturated carbocycles. The van der Waals surface area contributed by atoms with Crippen molar-refractivity contribution in [2.75, 3.05) is 6.54 Å². The van der Waals surface area contributed by atoms with Crippen LogP contribution in [0.4, 0.5) is 0 Å². The van der Waals surface area contributed by atoms with Crippen molar-refractivity contribution in [3.05, 3.63) is 42.7 Å². The largest absolute Gasteiger partial charge is 0.334 e. The molecule has 0 unspecified atom stereocenters. The van der Waals surface area contributed by atoms with E-state index in [4.69, 9.17) is 5.26 Å². The molecule has 0 aromatic carbocycles. The predicted molar refractivity (Wildman–Crippen MR) is 60.1 cm³/mol. The Morgan fingerprint density at radius 1 is 1.69 bits per heavy atom. The Balaban J connectivity index is 2.67. The SMILES string of the molecule is C=CC(=O)N(CCC#N)Cc1cccnc1. The summed E-state index contributed by atoms with van der Waals surface area (Å²) in [4.78, 5) is 17.1. The molecule has 0 spiro atoms. The summed E-state index contributed by atoms with van der Waals surface area (Å²) in [6.45, 7) is 4.31. The molecule has 0 atom stereocenters. The molecular weight excluding hydrogens is 202 g/mol. The van der Waals surface area contributed by atoms with Crippen LogP contribution in [0.15, 0.2) is 37.2 Å². The van der Waals surface area contributed by atoms with Gasteiger partial charge >= 0.3 is 0 Å². The molecule has 1 amide bonds. The van der Waals surface area contributed by atoms with Crippen molar-refractivity contribution in [3.8, 4) is 6.07 Å². The summed E-state index contributed by atoms with van der Waals surface area (Å²) in [7, 11) is 0. The molecule has 1 aromatic heterocycles. The highest BCUT2D eigenvalue weighted by atomic mass is 16.2. The average Bonchev–Trinajstić information content (AvgIpc) is 2.34. The smallest absolute Gasteiger partial charge is 0.246 e. The third-order valence-electron chi connectivity index (χ3n) is 2.08. The highest BCUT2D eigenvalue weighted by Crippen LogP contribution is 2.04. The average molecular weight is 215 g/mol. The Bertz CT molecular complexity index is 394. The number of carbonyl (C=O) groups excluding carboxylic acids is 1. The topological polar surface area (TPSA) is 57.0 Å². The van der Waals surface area contributed by atoms with Gasteiger partial charge in [0.2, 0.25) is 5.91 Å². The van der Waals surface area contributed by atoms with E-state index in [9.17, 15) is 4.79 Å². The number of pyridine rings is 1. The first kappa shape index (κ1) is 11.9. The lowest BCUT2D eigenvalue weighted by Crippen LogP contribution is -2.29. The van der Waals surface area contributed by atoms with E-state index in [0.717, 1.165) is 5.56 Å². The number of nitrogens with zero attached hydrogens (tertiary/aromatic N) is 3. The summed E-state index contributed by atoms with van der Waals surface area (Å²) in [5, 5.41) is 8.51. The van der Waals surface area contributed by atoms with Gasteiger partial charge in [0.25, 0.3) is 0 Å². The van der Waals surface area contributed by atoms with E-state index in [1.165, 1.54) is 6.08 Å². The molecule has 0 saturated heterocycles. The van der Waals surface area contributed by atoms with Gasteiger partial charge < -0.3 is 4.90 Å². The van der Waals surface area contributed by atoms with Crippen LogP contribution in [-0.4, -0.2) is 22.3 Å². The maximum Gasteiger partial charge on any atom is 0.246 e. The van der Waals surface area contributed by atoms with E-state index in [1.54, 1.807) is 17.3 Å². The third kappa shape index (κ3) is 3.54. The normalized spacial score (nSPS) is 9.19. The number of carbonyl (C=O) groups is 1. The monoisotopic (exact) mass is 215 g/mol. The zero-order valence-corrected chi connectivity index (χ0v) is 8.97. The van der Waals surface area contributed by atoms with Crippen molar-refractivity contribution in [2.45, 2.75) is 13.0 Å². The lowest BCUT2D eigenvalue weighted by Gasteiger charge is -2.19. The minimum atomic E-state index is -0.167. The van der Waals surface area contributed by atoms with Gasteiger partial charge in [-0.25, -0.2) is 0 Å². The number of amides is 1. The Morgan fingerprint density at radius 3 is 3.06 bits per heavy atom. The van der Waals surface area contributed by atoms with E-state index in [0.29, 0.717) is 19.5 Å². The number of hydrogen-bond acceptors (Lipinski definition) is 3. The van der Waals surface area contributed by atoms with Crippen molar-refractivity contribution < 1.29 is 4.79 Å². The summed E-state index contributed by atoms with van der Waals surface area (Å²) in [6.07, 6.45) is 4.96. The number of rotatable bonds is 5. The van der Waals surface area contributed by atoms with Gasteiger partial charge in [0.1, 0.15) is 0 Å². The van der Waals surface area contributed by atoms with Crippen molar-refractivity contribution in [3.63, 3.8) is 0 Å². The molecule has 0 aliphatic heterocycles. The number of aromatic nitrogens is 1. The molecule has 82 valence electrons. The van der Waals surface area contributed by atoms with Gasteiger partial charge in [-0.2, -0.15) is 5.26 Å². The molecule has 4 nitrogen and oxygen atoms in total. The Kier molecular flexibility index (Phi) is 4.74. The molecule has 1 heterocycles. The predicted octanol–water partition coefficient (Wildman–Crippen LogP) is 1.51. The van der Waals surface area contributed by atoms with Crippen LogP contribution in [0.25, 0.3) is 0 Å². The van der Waals surface area contributed by atoms with Gasteiger partial charge in [-0.05, 0) is 17.7 Å². The first-order valence-electron chi connectivity index (χ1n) is 4.95. The van der Waals surface area contributed by atoms with E-state index >= 15 is 0 Å². The lowest BCUT2D eigenvalue weighted by molar-refractivity contribution is -0.126. The fraction of sp³-hybridized carbons (Fsp3) is 0.250. The van der Waals surface area contributed by atoms with Gasteiger partial charge in [-0.1, -0.05) is 12.6 Å². The molecule has 16 heavy (non-hydrogen) atoms. The number of nitriles is 1. The van der Waals surface area contributed by atoms with Crippen LogP contribution < -0.4 is 0 Å². The molecule has 1 rings (SSSR count). The zero-order valence-electron chi connectivity index (χ0n) is 8.97. The van der Waals surface area contributed by atoms with Crippen molar-refractivity contribution in [1.29, 1.82) is 5.26 Å². The second kappa shape index (κ2) is 6.36. The third-order valence-corrected chi connectivity index (χ3v) is 2.08. The van der Waals surface area contributed by atoms with Crippen LogP contribution >= 0.6 is 0 Å². The molecule has 0 bridgehead atoms. The summed E-state index contributed by atoms with van der Waals surface area (Å²) in [6, 6.07) is 5.73. The minimum absolute atomic E-state index is 0.167. The van der Waals surface area contributed by atoms with Crippen LogP contribution in [0.5, 0.6) is 0 Å². The van der Waals surface area contributed by atoms with E-state index in [2.05, 4.69) is 11.6 Å². The highest BCUT2D eigenvalue weighted by Gasteiger charge is 2.10. The standard InChI is InChI=1S/C12H13N3O/c1-2-12(16)15(8-4-6-13)10-11-5-3-7-14-9-11/h2-3,5,7,9H,1,4,8,10H2. The summed E-state index contributed by atoms with van der Waals surface area (Å²) >= 11 is 0. The second-order valence-corrected chi connectivity index (χ2v) is 3.23. The fourth-order valence-corrected chi connectivity index (χ4v) is 1.29. The second-order valence-electron chi connectivity index (χ2n) is 3.23. The Morgan fingerprint density at radius 2 is 2.50 bits per heavy atom. The van der Waals surface area contributed by atoms with Crippen LogP contribution in [0.1, 0.15) is 12.0 Å². The quantitative estimate of drug-likeness (QED) is 0.699. The Labute approximate surface area is 94.8 Å². The lowest BCUT2D eigenvalue weighted by atomic mass is 10.2. The van der Waals surface area contributed by atoms with Gasteiger partial charge in [0, 0.05) is 25.5 Å². The van der Waals surface area contributed by atoms with E-state index in [-0.39, 0.29) is 5.91 Å². The molecule has 0 N–H and O–H groups in total. The first-order chi connectivity index (χ1) is 7.77. The van der Waals surface area contributed by atoms with Crippen molar-refractivity contribution in [1.82, 2.24) is 9.88 Å². The zero-order chi connectivity index (χ0) is 11.8. The fourth-order valence-electron chi connectivity index (χ4n) is 1.29. The van der Waals surface area contributed by atoms with Gasteiger partial charge in [-0.15, -0.1) is 0 Å². The molecule has 0 fully saturated rings. The van der Waals surface area contributed by atoms with Gasteiger partial charge in [0.05, 0.1) is 12.5 Å². The molecule has 0 aliphatic rings. The minimum Gasteiger partial charge on any atom is -0.334 e. The first-order valence-corrected chi connectivity index (χ1v) is 4.95. The molecule has 1 aromatic rings. The van der Waals surface area contributed by atoms with E-state index in [1.807, 2.05) is 18.2 Å². The summed E-state index contributed by atoms with van der Waals surface area (Å²) < 4.78 is 0. The molecule has 0 radical (unpaired) electrons. The molecule has 4 heteroatoms. The maximum atomic E-state index is 11.5. The van der Waals surface area contributed by atoms with Crippen LogP contribution in [0.3, 0.4) is 0 Å². The molecule has 0 aliphatic carbocycles. The van der Waals surface area contributed by atoms with E-state index < -0.39 is 0 Å². The summed E-state index contributed by atoms with van der Waals surface area (Å²) in [5.74, 6) is -0.167. The highest BCUT2D eigenvalue weighted by molar-refractivity contribution is 5.86. The molecular formula is C12H13N3O.